The third-order valence-electron chi connectivity index (χ3n) is 3.42. The normalized spacial score (nSPS) is 15.6. The fourth-order valence-corrected chi connectivity index (χ4v) is 2.59. The molecule has 3 rings (SSSR count). The van der Waals surface area contributed by atoms with Gasteiger partial charge in [-0.25, -0.2) is 0 Å². The van der Waals surface area contributed by atoms with Gasteiger partial charge in [-0.05, 0) is 43.5 Å². The lowest BCUT2D eigenvalue weighted by atomic mass is 9.99. The number of aromatic amines is 1. The molecule has 0 unspecified atom stereocenters. The Morgan fingerprint density at radius 3 is 2.80 bits per heavy atom. The summed E-state index contributed by atoms with van der Waals surface area (Å²) >= 11 is 0. The van der Waals surface area contributed by atoms with E-state index >= 15 is 0 Å². The highest BCUT2D eigenvalue weighted by atomic mass is 14.9. The van der Waals surface area contributed by atoms with E-state index in [0.29, 0.717) is 0 Å². The van der Waals surface area contributed by atoms with Gasteiger partial charge in [-0.2, -0.15) is 0 Å². The molecule has 0 atom stereocenters. The Morgan fingerprint density at radius 1 is 1.13 bits per heavy atom. The highest BCUT2D eigenvalue weighted by Gasteiger charge is 2.16. The van der Waals surface area contributed by atoms with Crippen LogP contribution in [0, 0.1) is 13.8 Å². The van der Waals surface area contributed by atoms with E-state index in [1.807, 2.05) is 0 Å². The van der Waals surface area contributed by atoms with Crippen molar-refractivity contribution in [1.82, 2.24) is 10.3 Å². The highest BCUT2D eigenvalue weighted by molar-refractivity contribution is 5.90. The van der Waals surface area contributed by atoms with E-state index in [9.17, 15) is 0 Å². The van der Waals surface area contributed by atoms with Gasteiger partial charge in [0.1, 0.15) is 0 Å². The summed E-state index contributed by atoms with van der Waals surface area (Å²) in [6.07, 6.45) is 1.15. The zero-order chi connectivity index (χ0) is 10.4. The molecule has 2 N–H and O–H groups in total. The van der Waals surface area contributed by atoms with Gasteiger partial charge in [-0.3, -0.25) is 0 Å². The molecule has 2 heteroatoms. The molecule has 15 heavy (non-hydrogen) atoms. The van der Waals surface area contributed by atoms with Crippen LogP contribution in [-0.4, -0.2) is 11.5 Å². The molecular weight excluding hydrogens is 184 g/mol. The molecule has 0 bridgehead atoms. The SMILES string of the molecule is Cc1ccc(C)c2c3c([nH]c12)CNCC3. The zero-order valence-electron chi connectivity index (χ0n) is 9.28. The van der Waals surface area contributed by atoms with Gasteiger partial charge in [0, 0.05) is 23.1 Å². The lowest BCUT2D eigenvalue weighted by Gasteiger charge is -2.12. The Morgan fingerprint density at radius 2 is 1.93 bits per heavy atom. The molecule has 1 aliphatic rings. The molecule has 0 spiro atoms. The van der Waals surface area contributed by atoms with Crippen molar-refractivity contribution in [1.29, 1.82) is 0 Å². The summed E-state index contributed by atoms with van der Waals surface area (Å²) in [4.78, 5) is 3.56. The number of H-pyrrole nitrogens is 1. The van der Waals surface area contributed by atoms with E-state index in [2.05, 4.69) is 36.3 Å². The number of fused-ring (bicyclic) bond motifs is 3. The Kier molecular flexibility index (Phi) is 1.86. The van der Waals surface area contributed by atoms with Gasteiger partial charge in [-0.15, -0.1) is 0 Å². The zero-order valence-corrected chi connectivity index (χ0v) is 9.28. The Hall–Kier alpha value is -1.28. The number of nitrogens with one attached hydrogen (secondary N) is 2. The maximum atomic E-state index is 3.56. The summed E-state index contributed by atoms with van der Waals surface area (Å²) < 4.78 is 0. The van der Waals surface area contributed by atoms with Gasteiger partial charge < -0.3 is 10.3 Å². The largest absolute Gasteiger partial charge is 0.357 e. The Balaban J connectivity index is 2.41. The number of hydrogen-bond donors (Lipinski definition) is 2. The van der Waals surface area contributed by atoms with Crippen LogP contribution >= 0.6 is 0 Å². The first-order chi connectivity index (χ1) is 7.27. The maximum absolute atomic E-state index is 3.56. The number of hydrogen-bond acceptors (Lipinski definition) is 1. The highest BCUT2D eigenvalue weighted by Crippen LogP contribution is 2.29. The van der Waals surface area contributed by atoms with Crippen LogP contribution < -0.4 is 5.32 Å². The summed E-state index contributed by atoms with van der Waals surface area (Å²) in [5.41, 5.74) is 7.00. The lowest BCUT2D eigenvalue weighted by molar-refractivity contribution is 0.637. The Bertz CT molecular complexity index is 523. The van der Waals surface area contributed by atoms with Crippen molar-refractivity contribution >= 4 is 10.9 Å². The topological polar surface area (TPSA) is 27.8 Å². The number of aryl methyl sites for hydroxylation is 2. The molecule has 0 radical (unpaired) electrons. The van der Waals surface area contributed by atoms with Gasteiger partial charge in [0.2, 0.25) is 0 Å². The maximum Gasteiger partial charge on any atom is 0.0491 e. The van der Waals surface area contributed by atoms with Crippen LogP contribution in [-0.2, 0) is 13.0 Å². The van der Waals surface area contributed by atoms with E-state index in [0.717, 1.165) is 19.5 Å². The molecule has 2 nitrogen and oxygen atoms in total. The lowest BCUT2D eigenvalue weighted by Crippen LogP contribution is -2.23. The van der Waals surface area contributed by atoms with Gasteiger partial charge >= 0.3 is 0 Å². The molecule has 1 aromatic heterocycles. The van der Waals surface area contributed by atoms with Crippen molar-refractivity contribution in [2.24, 2.45) is 0 Å². The second kappa shape index (κ2) is 3.11. The number of benzene rings is 1. The summed E-state index contributed by atoms with van der Waals surface area (Å²) in [5.74, 6) is 0. The monoisotopic (exact) mass is 200 g/mol. The van der Waals surface area contributed by atoms with Gasteiger partial charge in [0.15, 0.2) is 0 Å². The summed E-state index contributed by atoms with van der Waals surface area (Å²) in [6.45, 7) is 6.48. The van der Waals surface area contributed by atoms with Crippen molar-refractivity contribution in [3.8, 4) is 0 Å². The fourth-order valence-electron chi connectivity index (χ4n) is 2.59. The average molecular weight is 200 g/mol. The van der Waals surface area contributed by atoms with Gasteiger partial charge in [-0.1, -0.05) is 12.1 Å². The van der Waals surface area contributed by atoms with Crippen LogP contribution in [0.3, 0.4) is 0 Å². The first-order valence-electron chi connectivity index (χ1n) is 5.57. The van der Waals surface area contributed by atoms with E-state index in [1.54, 1.807) is 0 Å². The molecule has 0 aliphatic carbocycles. The second-order valence-electron chi connectivity index (χ2n) is 4.46. The summed E-state index contributed by atoms with van der Waals surface area (Å²) in [5, 5.41) is 4.87. The van der Waals surface area contributed by atoms with Crippen molar-refractivity contribution < 1.29 is 0 Å². The quantitative estimate of drug-likeness (QED) is 0.671. The fraction of sp³-hybridized carbons (Fsp3) is 0.385. The Labute approximate surface area is 89.7 Å². The minimum atomic E-state index is 0.989. The molecule has 0 amide bonds. The third-order valence-corrected chi connectivity index (χ3v) is 3.42. The minimum absolute atomic E-state index is 0.989. The predicted molar refractivity (Wildman–Crippen MR) is 63.2 cm³/mol. The molecule has 0 saturated heterocycles. The summed E-state index contributed by atoms with van der Waals surface area (Å²) in [6, 6.07) is 4.43. The molecule has 0 fully saturated rings. The molecule has 2 aromatic rings. The van der Waals surface area contributed by atoms with E-state index < -0.39 is 0 Å². The van der Waals surface area contributed by atoms with Crippen LogP contribution in [0.2, 0.25) is 0 Å². The van der Waals surface area contributed by atoms with Gasteiger partial charge in [0.05, 0.1) is 0 Å². The minimum Gasteiger partial charge on any atom is -0.357 e. The average Bonchev–Trinajstić information content (AvgIpc) is 2.64. The first kappa shape index (κ1) is 8.98. The third kappa shape index (κ3) is 1.21. The number of aromatic nitrogens is 1. The molecule has 1 aliphatic heterocycles. The van der Waals surface area contributed by atoms with E-state index in [4.69, 9.17) is 0 Å². The van der Waals surface area contributed by atoms with Crippen LogP contribution in [0.4, 0.5) is 0 Å². The first-order valence-corrected chi connectivity index (χ1v) is 5.57. The van der Waals surface area contributed by atoms with E-state index in [-0.39, 0.29) is 0 Å². The van der Waals surface area contributed by atoms with Crippen LogP contribution in [0.1, 0.15) is 22.4 Å². The van der Waals surface area contributed by atoms with Crippen molar-refractivity contribution in [3.63, 3.8) is 0 Å². The molecular formula is C13H16N2. The second-order valence-corrected chi connectivity index (χ2v) is 4.46. The standard InChI is InChI=1S/C13H16N2/c1-8-3-4-9(2)13-12(8)10-5-6-14-7-11(10)15-13/h3-4,14-15H,5-7H2,1-2H3. The predicted octanol–water partition coefficient (Wildman–Crippen LogP) is 2.43. The molecule has 2 heterocycles. The summed E-state index contributed by atoms with van der Waals surface area (Å²) in [7, 11) is 0. The van der Waals surface area contributed by atoms with Crippen LogP contribution in [0.15, 0.2) is 12.1 Å². The molecule has 1 aromatic carbocycles. The van der Waals surface area contributed by atoms with Crippen molar-refractivity contribution in [2.75, 3.05) is 6.54 Å². The van der Waals surface area contributed by atoms with Crippen molar-refractivity contribution in [3.05, 3.63) is 34.5 Å². The van der Waals surface area contributed by atoms with Gasteiger partial charge in [0.25, 0.3) is 0 Å². The van der Waals surface area contributed by atoms with Crippen molar-refractivity contribution in [2.45, 2.75) is 26.8 Å². The van der Waals surface area contributed by atoms with Crippen LogP contribution in [0.25, 0.3) is 10.9 Å². The van der Waals surface area contributed by atoms with Crippen LogP contribution in [0.5, 0.6) is 0 Å². The smallest absolute Gasteiger partial charge is 0.0491 e. The number of rotatable bonds is 0. The molecule has 0 saturated carbocycles. The molecule has 78 valence electrons. The van der Waals surface area contributed by atoms with E-state index in [1.165, 1.54) is 33.3 Å².